The van der Waals surface area contributed by atoms with Crippen LogP contribution in [0.3, 0.4) is 0 Å². The molecule has 0 saturated heterocycles. The zero-order valence-electron chi connectivity index (χ0n) is 12.1. The first-order valence-electron chi connectivity index (χ1n) is 6.92. The predicted octanol–water partition coefficient (Wildman–Crippen LogP) is 2.83. The van der Waals surface area contributed by atoms with Gasteiger partial charge in [-0.25, -0.2) is 0 Å². The van der Waals surface area contributed by atoms with Crippen molar-refractivity contribution < 1.29 is 24.1 Å². The Balaban J connectivity index is 1.84. The SMILES string of the molecule is COc1ccc(CC(C(=O)O)c2ccc3c(c2)OCO3)cc1. The van der Waals surface area contributed by atoms with Gasteiger partial charge in [-0.05, 0) is 41.8 Å². The molecule has 2 aromatic rings. The molecule has 22 heavy (non-hydrogen) atoms. The molecule has 1 unspecified atom stereocenters. The summed E-state index contributed by atoms with van der Waals surface area (Å²) in [5, 5.41) is 9.54. The highest BCUT2D eigenvalue weighted by atomic mass is 16.7. The van der Waals surface area contributed by atoms with Gasteiger partial charge in [-0.15, -0.1) is 0 Å². The second-order valence-corrected chi connectivity index (χ2v) is 5.06. The lowest BCUT2D eigenvalue weighted by Gasteiger charge is -2.14. The number of carbonyl (C=O) groups is 1. The van der Waals surface area contributed by atoms with Crippen LogP contribution in [0.2, 0.25) is 0 Å². The summed E-state index contributed by atoms with van der Waals surface area (Å²) in [6.45, 7) is 0.176. The summed E-state index contributed by atoms with van der Waals surface area (Å²) in [7, 11) is 1.60. The molecule has 0 amide bonds. The summed E-state index contributed by atoms with van der Waals surface area (Å²) in [6, 6.07) is 12.7. The van der Waals surface area contributed by atoms with Gasteiger partial charge in [0, 0.05) is 0 Å². The van der Waals surface area contributed by atoms with Crippen molar-refractivity contribution in [3.05, 3.63) is 53.6 Å². The fourth-order valence-corrected chi connectivity index (χ4v) is 2.47. The summed E-state index contributed by atoms with van der Waals surface area (Å²) in [5.74, 6) is 0.493. The second-order valence-electron chi connectivity index (χ2n) is 5.06. The van der Waals surface area contributed by atoms with Crippen LogP contribution in [0.1, 0.15) is 17.0 Å². The van der Waals surface area contributed by atoms with Crippen molar-refractivity contribution >= 4 is 5.97 Å². The third kappa shape index (κ3) is 2.83. The number of rotatable bonds is 5. The number of methoxy groups -OCH3 is 1. The number of fused-ring (bicyclic) bond motifs is 1. The molecular formula is C17H16O5. The minimum atomic E-state index is -0.866. The molecule has 0 aromatic heterocycles. The van der Waals surface area contributed by atoms with Crippen LogP contribution in [0.25, 0.3) is 0 Å². The van der Waals surface area contributed by atoms with E-state index in [1.165, 1.54) is 0 Å². The smallest absolute Gasteiger partial charge is 0.311 e. The number of carboxylic acid groups (broad SMARTS) is 1. The Morgan fingerprint density at radius 2 is 1.91 bits per heavy atom. The summed E-state index contributed by atoms with van der Waals surface area (Å²) in [4.78, 5) is 11.6. The van der Waals surface area contributed by atoms with E-state index in [0.29, 0.717) is 23.5 Å². The largest absolute Gasteiger partial charge is 0.497 e. The van der Waals surface area contributed by atoms with E-state index in [9.17, 15) is 9.90 Å². The molecule has 0 saturated carbocycles. The summed E-state index contributed by atoms with van der Waals surface area (Å²) >= 11 is 0. The molecule has 0 aliphatic carbocycles. The third-order valence-corrected chi connectivity index (χ3v) is 3.70. The van der Waals surface area contributed by atoms with E-state index in [1.807, 2.05) is 24.3 Å². The van der Waals surface area contributed by atoms with Gasteiger partial charge < -0.3 is 19.3 Å². The fourth-order valence-electron chi connectivity index (χ4n) is 2.47. The molecule has 2 aromatic carbocycles. The highest BCUT2D eigenvalue weighted by Crippen LogP contribution is 2.35. The van der Waals surface area contributed by atoms with Gasteiger partial charge >= 0.3 is 5.97 Å². The first kappa shape index (κ1) is 14.3. The van der Waals surface area contributed by atoms with E-state index in [-0.39, 0.29) is 6.79 Å². The monoisotopic (exact) mass is 300 g/mol. The fraction of sp³-hybridized carbons (Fsp3) is 0.235. The number of hydrogen-bond acceptors (Lipinski definition) is 4. The van der Waals surface area contributed by atoms with Gasteiger partial charge in [0.1, 0.15) is 5.75 Å². The van der Waals surface area contributed by atoms with Crippen molar-refractivity contribution in [3.63, 3.8) is 0 Å². The van der Waals surface area contributed by atoms with Gasteiger partial charge in [0.2, 0.25) is 6.79 Å². The molecule has 1 aliphatic rings. The van der Waals surface area contributed by atoms with E-state index in [1.54, 1.807) is 25.3 Å². The molecule has 0 fully saturated rings. The van der Waals surface area contributed by atoms with E-state index < -0.39 is 11.9 Å². The zero-order chi connectivity index (χ0) is 15.5. The molecule has 0 spiro atoms. The van der Waals surface area contributed by atoms with Gasteiger partial charge in [0.25, 0.3) is 0 Å². The third-order valence-electron chi connectivity index (χ3n) is 3.70. The maximum atomic E-state index is 11.6. The van der Waals surface area contributed by atoms with Crippen LogP contribution in [-0.4, -0.2) is 25.0 Å². The molecule has 3 rings (SSSR count). The first-order valence-corrected chi connectivity index (χ1v) is 6.92. The van der Waals surface area contributed by atoms with Crippen LogP contribution in [0, 0.1) is 0 Å². The van der Waals surface area contributed by atoms with Gasteiger partial charge in [0.15, 0.2) is 11.5 Å². The summed E-state index contributed by atoms with van der Waals surface area (Å²) in [6.07, 6.45) is 0.402. The van der Waals surface area contributed by atoms with Crippen molar-refractivity contribution in [2.24, 2.45) is 0 Å². The minimum absolute atomic E-state index is 0.176. The van der Waals surface area contributed by atoms with Crippen LogP contribution in [0.15, 0.2) is 42.5 Å². The molecule has 1 atom stereocenters. The average molecular weight is 300 g/mol. The minimum Gasteiger partial charge on any atom is -0.497 e. The van der Waals surface area contributed by atoms with Gasteiger partial charge in [-0.1, -0.05) is 18.2 Å². The van der Waals surface area contributed by atoms with Gasteiger partial charge in [0.05, 0.1) is 13.0 Å². The Bertz CT molecular complexity index is 678. The molecule has 1 N–H and O–H groups in total. The van der Waals surface area contributed by atoms with E-state index >= 15 is 0 Å². The Kier molecular flexibility index (Phi) is 3.87. The van der Waals surface area contributed by atoms with Crippen molar-refractivity contribution in [2.75, 3.05) is 13.9 Å². The van der Waals surface area contributed by atoms with E-state index in [2.05, 4.69) is 0 Å². The molecule has 1 aliphatic heterocycles. The second kappa shape index (κ2) is 5.97. The number of ether oxygens (including phenoxy) is 3. The molecular weight excluding hydrogens is 284 g/mol. The Labute approximate surface area is 128 Å². The van der Waals surface area contributed by atoms with Gasteiger partial charge in [-0.3, -0.25) is 4.79 Å². The van der Waals surface area contributed by atoms with Crippen LogP contribution in [0.5, 0.6) is 17.2 Å². The van der Waals surface area contributed by atoms with Crippen molar-refractivity contribution in [3.8, 4) is 17.2 Å². The lowest BCUT2D eigenvalue weighted by Crippen LogP contribution is -2.14. The van der Waals surface area contributed by atoms with Crippen LogP contribution in [-0.2, 0) is 11.2 Å². The summed E-state index contributed by atoms with van der Waals surface area (Å²) < 4.78 is 15.7. The standard InChI is InChI=1S/C17H16O5/c1-20-13-5-2-11(3-6-13)8-14(17(18)19)12-4-7-15-16(9-12)22-10-21-15/h2-7,9,14H,8,10H2,1H3,(H,18,19). The van der Waals surface area contributed by atoms with Crippen LogP contribution >= 0.6 is 0 Å². The number of hydrogen-bond donors (Lipinski definition) is 1. The van der Waals surface area contributed by atoms with Gasteiger partial charge in [-0.2, -0.15) is 0 Å². The number of benzene rings is 2. The lowest BCUT2D eigenvalue weighted by molar-refractivity contribution is -0.138. The molecule has 1 heterocycles. The van der Waals surface area contributed by atoms with E-state index in [0.717, 1.165) is 11.3 Å². The van der Waals surface area contributed by atoms with Crippen molar-refractivity contribution in [1.29, 1.82) is 0 Å². The topological polar surface area (TPSA) is 65.0 Å². The molecule has 0 radical (unpaired) electrons. The normalized spacial score (nSPS) is 13.7. The molecule has 0 bridgehead atoms. The quantitative estimate of drug-likeness (QED) is 0.920. The molecule has 5 nitrogen and oxygen atoms in total. The number of carboxylic acids is 1. The number of aliphatic carboxylic acids is 1. The maximum Gasteiger partial charge on any atom is 0.311 e. The Morgan fingerprint density at radius 3 is 2.59 bits per heavy atom. The highest BCUT2D eigenvalue weighted by molar-refractivity contribution is 5.77. The van der Waals surface area contributed by atoms with Crippen LogP contribution < -0.4 is 14.2 Å². The van der Waals surface area contributed by atoms with E-state index in [4.69, 9.17) is 14.2 Å². The van der Waals surface area contributed by atoms with Crippen molar-refractivity contribution in [1.82, 2.24) is 0 Å². The molecule has 114 valence electrons. The first-order chi connectivity index (χ1) is 10.7. The van der Waals surface area contributed by atoms with Crippen LogP contribution in [0.4, 0.5) is 0 Å². The predicted molar refractivity (Wildman–Crippen MR) is 79.6 cm³/mol. The lowest BCUT2D eigenvalue weighted by atomic mass is 9.92. The highest BCUT2D eigenvalue weighted by Gasteiger charge is 2.23. The summed E-state index contributed by atoms with van der Waals surface area (Å²) in [5.41, 5.74) is 1.64. The zero-order valence-corrected chi connectivity index (χ0v) is 12.1. The maximum absolute atomic E-state index is 11.6. The van der Waals surface area contributed by atoms with Crippen molar-refractivity contribution in [2.45, 2.75) is 12.3 Å². The average Bonchev–Trinajstić information content (AvgIpc) is 3.00. The molecule has 5 heteroatoms. The Hall–Kier alpha value is -2.69. The Morgan fingerprint density at radius 1 is 1.18 bits per heavy atom.